The maximum atomic E-state index is 12.9. The third kappa shape index (κ3) is 4.13. The average Bonchev–Trinajstić information content (AvgIpc) is 3.40. The van der Waals surface area contributed by atoms with E-state index >= 15 is 0 Å². The quantitative estimate of drug-likeness (QED) is 0.698. The number of pyridine rings is 1. The summed E-state index contributed by atoms with van der Waals surface area (Å²) in [7, 11) is 0. The van der Waals surface area contributed by atoms with E-state index in [1.54, 1.807) is 17.1 Å². The van der Waals surface area contributed by atoms with Gasteiger partial charge in [0, 0.05) is 19.3 Å². The van der Waals surface area contributed by atoms with Gasteiger partial charge in [-0.05, 0) is 43.4 Å². The molecule has 0 bridgehead atoms. The average molecular weight is 390 g/mol. The summed E-state index contributed by atoms with van der Waals surface area (Å²) < 4.78 is 1.76. The molecular formula is C22H26N6O. The van der Waals surface area contributed by atoms with E-state index in [1.807, 2.05) is 13.0 Å². The van der Waals surface area contributed by atoms with Crippen molar-refractivity contribution in [1.82, 2.24) is 20.0 Å². The van der Waals surface area contributed by atoms with Crippen LogP contribution in [0.4, 0.5) is 11.4 Å². The molecule has 1 aromatic carbocycles. The molecule has 0 saturated carbocycles. The molecule has 1 N–H and O–H groups in total. The second kappa shape index (κ2) is 8.43. The Morgan fingerprint density at radius 2 is 1.83 bits per heavy atom. The summed E-state index contributed by atoms with van der Waals surface area (Å²) in [4.78, 5) is 19.3. The lowest BCUT2D eigenvalue weighted by atomic mass is 10.1. The molecule has 7 nitrogen and oxygen atoms in total. The van der Waals surface area contributed by atoms with Gasteiger partial charge in [-0.15, -0.1) is 5.10 Å². The van der Waals surface area contributed by atoms with Crippen LogP contribution in [0.3, 0.4) is 0 Å². The van der Waals surface area contributed by atoms with Crippen LogP contribution in [-0.4, -0.2) is 39.0 Å². The Morgan fingerprint density at radius 3 is 2.55 bits per heavy atom. The van der Waals surface area contributed by atoms with Gasteiger partial charge in [0.2, 0.25) is 0 Å². The summed E-state index contributed by atoms with van der Waals surface area (Å²) in [6.45, 7) is 6.60. The van der Waals surface area contributed by atoms with Gasteiger partial charge >= 0.3 is 0 Å². The minimum absolute atomic E-state index is 0.261. The van der Waals surface area contributed by atoms with Crippen molar-refractivity contribution in [3.05, 3.63) is 65.2 Å². The molecule has 7 heteroatoms. The van der Waals surface area contributed by atoms with E-state index in [9.17, 15) is 4.79 Å². The Morgan fingerprint density at radius 1 is 1.10 bits per heavy atom. The van der Waals surface area contributed by atoms with Crippen LogP contribution < -0.4 is 10.2 Å². The molecule has 3 heterocycles. The van der Waals surface area contributed by atoms with Gasteiger partial charge in [0.15, 0.2) is 5.69 Å². The predicted molar refractivity (Wildman–Crippen MR) is 113 cm³/mol. The van der Waals surface area contributed by atoms with Crippen LogP contribution in [0.2, 0.25) is 0 Å². The first kappa shape index (κ1) is 19.1. The lowest BCUT2D eigenvalue weighted by Crippen LogP contribution is -2.21. The van der Waals surface area contributed by atoms with E-state index in [0.29, 0.717) is 17.9 Å². The highest BCUT2D eigenvalue weighted by molar-refractivity contribution is 6.05. The van der Waals surface area contributed by atoms with E-state index in [-0.39, 0.29) is 5.91 Å². The molecule has 3 aromatic rings. The van der Waals surface area contributed by atoms with E-state index in [0.717, 1.165) is 36.5 Å². The Kier molecular flexibility index (Phi) is 5.55. The molecule has 1 aliphatic rings. The Bertz CT molecular complexity index is 989. The maximum absolute atomic E-state index is 12.9. The molecule has 2 aromatic heterocycles. The minimum Gasteiger partial charge on any atom is -0.370 e. The van der Waals surface area contributed by atoms with Gasteiger partial charge in [-0.1, -0.05) is 36.4 Å². The van der Waals surface area contributed by atoms with Crippen molar-refractivity contribution in [2.75, 3.05) is 23.3 Å². The fraction of sp³-hybridized carbons (Fsp3) is 0.364. The standard InChI is InChI=1S/C22H26N6O/c1-3-17-6-8-18(9-7-17)15-28-16(2)21(25-26-28)22(29)24-19-14-23-11-10-20(19)27-12-4-5-13-27/h6-11,14H,3-5,12-13,15H2,1-2H3,(H,24,29). The molecule has 0 spiro atoms. The van der Waals surface area contributed by atoms with Crippen molar-refractivity contribution in [3.63, 3.8) is 0 Å². The molecule has 0 atom stereocenters. The molecule has 0 unspecified atom stereocenters. The number of amides is 1. The van der Waals surface area contributed by atoms with E-state index < -0.39 is 0 Å². The first-order valence-electron chi connectivity index (χ1n) is 10.1. The zero-order chi connectivity index (χ0) is 20.2. The van der Waals surface area contributed by atoms with Crippen LogP contribution >= 0.6 is 0 Å². The number of nitrogens with one attached hydrogen (secondary N) is 1. The first-order valence-corrected chi connectivity index (χ1v) is 10.1. The molecule has 0 radical (unpaired) electrons. The summed E-state index contributed by atoms with van der Waals surface area (Å²) in [6.07, 6.45) is 6.81. The van der Waals surface area contributed by atoms with Crippen molar-refractivity contribution in [2.24, 2.45) is 0 Å². The Labute approximate surface area is 170 Å². The monoisotopic (exact) mass is 390 g/mol. The van der Waals surface area contributed by atoms with E-state index in [2.05, 4.69) is 56.7 Å². The van der Waals surface area contributed by atoms with Gasteiger partial charge in [-0.3, -0.25) is 9.78 Å². The summed E-state index contributed by atoms with van der Waals surface area (Å²) in [5.41, 5.74) is 5.23. The molecular weight excluding hydrogens is 364 g/mol. The van der Waals surface area contributed by atoms with Crippen LogP contribution in [0.25, 0.3) is 0 Å². The first-order chi connectivity index (χ1) is 14.2. The van der Waals surface area contributed by atoms with Crippen molar-refractivity contribution in [3.8, 4) is 0 Å². The second-order valence-electron chi connectivity index (χ2n) is 7.39. The summed E-state index contributed by atoms with van der Waals surface area (Å²) in [5, 5.41) is 11.3. The Balaban J connectivity index is 1.50. The SMILES string of the molecule is CCc1ccc(Cn2nnc(C(=O)Nc3cnccc3N3CCCC3)c2C)cc1. The fourth-order valence-corrected chi connectivity index (χ4v) is 3.67. The predicted octanol–water partition coefficient (Wildman–Crippen LogP) is 3.44. The summed E-state index contributed by atoms with van der Waals surface area (Å²) >= 11 is 0. The van der Waals surface area contributed by atoms with Gasteiger partial charge < -0.3 is 10.2 Å². The van der Waals surface area contributed by atoms with Crippen LogP contribution in [0.1, 0.15) is 47.1 Å². The summed E-state index contributed by atoms with van der Waals surface area (Å²) in [6, 6.07) is 10.4. The number of carbonyl (C=O) groups is 1. The zero-order valence-electron chi connectivity index (χ0n) is 16.9. The van der Waals surface area contributed by atoms with Crippen molar-refractivity contribution in [1.29, 1.82) is 0 Å². The smallest absolute Gasteiger partial charge is 0.278 e. The maximum Gasteiger partial charge on any atom is 0.278 e. The Hall–Kier alpha value is -3.22. The third-order valence-corrected chi connectivity index (χ3v) is 5.45. The summed E-state index contributed by atoms with van der Waals surface area (Å²) in [5.74, 6) is -0.261. The second-order valence-corrected chi connectivity index (χ2v) is 7.39. The number of carbonyl (C=O) groups excluding carboxylic acids is 1. The molecule has 1 saturated heterocycles. The van der Waals surface area contributed by atoms with Crippen LogP contribution in [0.5, 0.6) is 0 Å². The van der Waals surface area contributed by atoms with Crippen molar-refractivity contribution < 1.29 is 4.79 Å². The van der Waals surface area contributed by atoms with E-state index in [1.165, 1.54) is 18.4 Å². The number of anilines is 2. The van der Waals surface area contributed by atoms with Gasteiger partial charge in [0.05, 0.1) is 29.8 Å². The highest BCUT2D eigenvalue weighted by atomic mass is 16.2. The number of nitrogens with zero attached hydrogens (tertiary/aromatic N) is 5. The molecule has 1 aliphatic heterocycles. The normalized spacial score (nSPS) is 13.7. The number of benzene rings is 1. The van der Waals surface area contributed by atoms with Crippen LogP contribution in [0, 0.1) is 6.92 Å². The largest absolute Gasteiger partial charge is 0.370 e. The lowest BCUT2D eigenvalue weighted by Gasteiger charge is -2.20. The topological polar surface area (TPSA) is 75.9 Å². The third-order valence-electron chi connectivity index (χ3n) is 5.45. The number of hydrogen-bond donors (Lipinski definition) is 1. The van der Waals surface area contributed by atoms with Gasteiger partial charge in [0.1, 0.15) is 0 Å². The number of rotatable bonds is 6. The molecule has 150 valence electrons. The van der Waals surface area contributed by atoms with Gasteiger partial charge in [-0.25, -0.2) is 4.68 Å². The molecule has 1 amide bonds. The molecule has 4 rings (SSSR count). The van der Waals surface area contributed by atoms with Crippen LogP contribution in [0.15, 0.2) is 42.7 Å². The van der Waals surface area contributed by atoms with Gasteiger partial charge in [0.25, 0.3) is 5.91 Å². The van der Waals surface area contributed by atoms with Gasteiger partial charge in [-0.2, -0.15) is 0 Å². The highest BCUT2D eigenvalue weighted by Gasteiger charge is 2.20. The molecule has 29 heavy (non-hydrogen) atoms. The molecule has 0 aliphatic carbocycles. The van der Waals surface area contributed by atoms with Crippen molar-refractivity contribution >= 4 is 17.3 Å². The van der Waals surface area contributed by atoms with Crippen LogP contribution in [-0.2, 0) is 13.0 Å². The number of hydrogen-bond acceptors (Lipinski definition) is 5. The highest BCUT2D eigenvalue weighted by Crippen LogP contribution is 2.28. The van der Waals surface area contributed by atoms with E-state index in [4.69, 9.17) is 0 Å². The lowest BCUT2D eigenvalue weighted by molar-refractivity contribution is 0.102. The number of aromatic nitrogens is 4. The number of aryl methyl sites for hydroxylation is 1. The molecule has 1 fully saturated rings. The minimum atomic E-state index is -0.261. The van der Waals surface area contributed by atoms with Crippen molar-refractivity contribution in [2.45, 2.75) is 39.7 Å². The zero-order valence-corrected chi connectivity index (χ0v) is 16.9. The fourth-order valence-electron chi connectivity index (χ4n) is 3.67.